The van der Waals surface area contributed by atoms with Gasteiger partial charge < -0.3 is 5.48 Å². The van der Waals surface area contributed by atoms with Gasteiger partial charge in [-0.15, -0.1) is 0 Å². The maximum absolute atomic E-state index is 8.35. The summed E-state index contributed by atoms with van der Waals surface area (Å²) in [5.74, 6) is 0.535. The third-order valence-electron chi connectivity index (χ3n) is 2.81. The summed E-state index contributed by atoms with van der Waals surface area (Å²) < 4.78 is 0. The van der Waals surface area contributed by atoms with E-state index in [1.165, 1.54) is 11.1 Å². The molecule has 0 aliphatic carbocycles. The zero-order valence-corrected chi connectivity index (χ0v) is 12.4. The lowest BCUT2D eigenvalue weighted by molar-refractivity contribution is 0.562. The van der Waals surface area contributed by atoms with Gasteiger partial charge in [0.2, 0.25) is 12.2 Å². The second-order valence-electron chi connectivity index (χ2n) is 3.99. The Labute approximate surface area is 129 Å². The lowest BCUT2D eigenvalue weighted by Crippen LogP contribution is -1.98. The molecule has 0 saturated carbocycles. The van der Waals surface area contributed by atoms with Crippen LogP contribution in [0.25, 0.3) is 0 Å². The Morgan fingerprint density at radius 2 is 1.09 bits per heavy atom. The molecule has 0 unspecified atom stereocenters. The molecule has 0 atom stereocenters. The molecule has 116 valence electrons. The SMILES string of the molecule is CCC(c1ccccc1)c1ccccc1.N=C=O.N=C=O.O. The van der Waals surface area contributed by atoms with Crippen molar-refractivity contribution in [3.8, 4) is 0 Å². The van der Waals surface area contributed by atoms with Gasteiger partial charge in [0.15, 0.2) is 0 Å². The molecule has 22 heavy (non-hydrogen) atoms. The zero-order chi connectivity index (χ0) is 15.9. The maximum atomic E-state index is 8.35. The van der Waals surface area contributed by atoms with Crippen LogP contribution in [0.15, 0.2) is 60.7 Å². The third-order valence-corrected chi connectivity index (χ3v) is 2.81. The topological polar surface area (TPSA) is 113 Å². The minimum absolute atomic E-state index is 0. The molecule has 0 fully saturated rings. The Morgan fingerprint density at radius 3 is 1.32 bits per heavy atom. The molecular weight excluding hydrogens is 280 g/mol. The molecular formula is C17H20N2O3. The maximum Gasteiger partial charge on any atom is 0.231 e. The first kappa shape index (κ1) is 21.5. The Balaban J connectivity index is 0. The first-order valence-electron chi connectivity index (χ1n) is 6.42. The first-order chi connectivity index (χ1) is 10.2. The predicted molar refractivity (Wildman–Crippen MR) is 85.5 cm³/mol. The summed E-state index contributed by atoms with van der Waals surface area (Å²) in [4.78, 5) is 16.7. The van der Waals surface area contributed by atoms with Crippen molar-refractivity contribution in [2.24, 2.45) is 0 Å². The van der Waals surface area contributed by atoms with Crippen molar-refractivity contribution >= 4 is 12.2 Å². The van der Waals surface area contributed by atoms with Gasteiger partial charge in [0.05, 0.1) is 0 Å². The van der Waals surface area contributed by atoms with Gasteiger partial charge in [-0.05, 0) is 17.5 Å². The van der Waals surface area contributed by atoms with Crippen LogP contribution in [0.2, 0.25) is 0 Å². The number of isocyanates is 2. The Morgan fingerprint density at radius 1 is 0.818 bits per heavy atom. The highest BCUT2D eigenvalue weighted by Crippen LogP contribution is 2.26. The standard InChI is InChI=1S/C15H16.2CHNO.H2O/c1-2-15(13-9-5-3-6-10-13)14-11-7-4-8-12-14;2*2-1-3;/h3-12,15H,2H2,1H3;2*2H;1H2. The summed E-state index contributed by atoms with van der Waals surface area (Å²) in [6.45, 7) is 2.24. The lowest BCUT2D eigenvalue weighted by Gasteiger charge is -2.15. The summed E-state index contributed by atoms with van der Waals surface area (Å²) in [5.41, 5.74) is 2.82. The van der Waals surface area contributed by atoms with E-state index < -0.39 is 0 Å². The average Bonchev–Trinajstić information content (AvgIpc) is 2.52. The van der Waals surface area contributed by atoms with Crippen LogP contribution < -0.4 is 0 Å². The van der Waals surface area contributed by atoms with Crippen LogP contribution in [0.4, 0.5) is 0 Å². The van der Waals surface area contributed by atoms with Crippen molar-refractivity contribution in [1.82, 2.24) is 0 Å². The van der Waals surface area contributed by atoms with E-state index >= 15 is 0 Å². The van der Waals surface area contributed by atoms with E-state index in [-0.39, 0.29) is 5.48 Å². The lowest BCUT2D eigenvalue weighted by atomic mass is 9.89. The van der Waals surface area contributed by atoms with Crippen LogP contribution in [0, 0.1) is 10.8 Å². The largest absolute Gasteiger partial charge is 0.412 e. The molecule has 5 heteroatoms. The van der Waals surface area contributed by atoms with Crippen LogP contribution >= 0.6 is 0 Å². The smallest absolute Gasteiger partial charge is 0.231 e. The highest BCUT2D eigenvalue weighted by Gasteiger charge is 2.10. The van der Waals surface area contributed by atoms with Gasteiger partial charge in [0.25, 0.3) is 0 Å². The monoisotopic (exact) mass is 300 g/mol. The van der Waals surface area contributed by atoms with E-state index in [2.05, 4.69) is 67.6 Å². The van der Waals surface area contributed by atoms with E-state index in [1.54, 1.807) is 0 Å². The highest BCUT2D eigenvalue weighted by molar-refractivity contribution is 5.31. The van der Waals surface area contributed by atoms with E-state index in [9.17, 15) is 0 Å². The van der Waals surface area contributed by atoms with Crippen LogP contribution in [0.3, 0.4) is 0 Å². The zero-order valence-electron chi connectivity index (χ0n) is 12.4. The van der Waals surface area contributed by atoms with Gasteiger partial charge in [-0.25, -0.2) is 20.4 Å². The van der Waals surface area contributed by atoms with Crippen LogP contribution in [0.1, 0.15) is 30.4 Å². The number of hydrogen-bond acceptors (Lipinski definition) is 4. The van der Waals surface area contributed by atoms with E-state index in [0.29, 0.717) is 5.92 Å². The third kappa shape index (κ3) is 8.35. The van der Waals surface area contributed by atoms with Crippen LogP contribution in [0.5, 0.6) is 0 Å². The summed E-state index contributed by atoms with van der Waals surface area (Å²) in [6.07, 6.45) is 2.65. The fourth-order valence-corrected chi connectivity index (χ4v) is 2.03. The van der Waals surface area contributed by atoms with Gasteiger partial charge in [-0.3, -0.25) is 0 Å². The Bertz CT molecular complexity index is 507. The second-order valence-corrected chi connectivity index (χ2v) is 3.99. The normalized spacial score (nSPS) is 7.91. The second kappa shape index (κ2) is 14.6. The fourth-order valence-electron chi connectivity index (χ4n) is 2.03. The molecule has 2 aromatic rings. The molecule has 2 aromatic carbocycles. The molecule has 0 heterocycles. The van der Waals surface area contributed by atoms with Gasteiger partial charge in [-0.2, -0.15) is 0 Å². The fraction of sp³-hybridized carbons (Fsp3) is 0.176. The molecule has 0 saturated heterocycles. The molecule has 0 aromatic heterocycles. The molecule has 0 radical (unpaired) electrons. The average molecular weight is 300 g/mol. The van der Waals surface area contributed by atoms with Crippen LogP contribution in [-0.4, -0.2) is 17.6 Å². The van der Waals surface area contributed by atoms with E-state index in [4.69, 9.17) is 20.4 Å². The summed E-state index contributed by atoms with van der Waals surface area (Å²) in [5, 5.41) is 10.8. The molecule has 0 aliphatic heterocycles. The Hall–Kier alpha value is -2.84. The van der Waals surface area contributed by atoms with Crippen molar-refractivity contribution < 1.29 is 15.1 Å². The van der Waals surface area contributed by atoms with E-state index in [1.807, 2.05) is 0 Å². The molecule has 0 bridgehead atoms. The number of nitrogens with one attached hydrogen (secondary N) is 2. The van der Waals surface area contributed by atoms with Gasteiger partial charge in [0.1, 0.15) is 0 Å². The van der Waals surface area contributed by atoms with Crippen molar-refractivity contribution in [3.63, 3.8) is 0 Å². The Kier molecular flexibility index (Phi) is 14.2. The van der Waals surface area contributed by atoms with Gasteiger partial charge in [-0.1, -0.05) is 67.6 Å². The van der Waals surface area contributed by atoms with Crippen molar-refractivity contribution in [2.75, 3.05) is 0 Å². The van der Waals surface area contributed by atoms with Gasteiger partial charge in [0, 0.05) is 5.92 Å². The number of benzene rings is 2. The predicted octanol–water partition coefficient (Wildman–Crippen LogP) is 3.21. The summed E-state index contributed by atoms with van der Waals surface area (Å²) in [6, 6.07) is 21.4. The number of carbonyl (C=O) groups excluding carboxylic acids is 2. The summed E-state index contributed by atoms with van der Waals surface area (Å²) in [7, 11) is 0. The molecule has 0 aliphatic rings. The summed E-state index contributed by atoms with van der Waals surface area (Å²) >= 11 is 0. The quantitative estimate of drug-likeness (QED) is 0.669. The minimum atomic E-state index is 0. The van der Waals surface area contributed by atoms with Crippen molar-refractivity contribution in [2.45, 2.75) is 19.3 Å². The molecule has 0 amide bonds. The van der Waals surface area contributed by atoms with Crippen LogP contribution in [-0.2, 0) is 9.59 Å². The molecule has 2 rings (SSSR count). The molecule has 5 nitrogen and oxygen atoms in total. The first-order valence-corrected chi connectivity index (χ1v) is 6.42. The van der Waals surface area contributed by atoms with Crippen molar-refractivity contribution in [1.29, 1.82) is 10.8 Å². The molecule has 0 spiro atoms. The number of rotatable bonds is 3. The van der Waals surface area contributed by atoms with Gasteiger partial charge >= 0.3 is 0 Å². The highest BCUT2D eigenvalue weighted by atomic mass is 16.1. The molecule has 4 N–H and O–H groups in total. The van der Waals surface area contributed by atoms with Crippen molar-refractivity contribution in [3.05, 3.63) is 71.8 Å². The minimum Gasteiger partial charge on any atom is -0.412 e. The van der Waals surface area contributed by atoms with E-state index in [0.717, 1.165) is 18.6 Å². The number of hydrogen-bond donors (Lipinski definition) is 2.